The maximum absolute atomic E-state index is 11.8. The van der Waals surface area contributed by atoms with Crippen LogP contribution < -0.4 is 0 Å². The van der Waals surface area contributed by atoms with Crippen LogP contribution in [0.5, 0.6) is 0 Å². The summed E-state index contributed by atoms with van der Waals surface area (Å²) in [5.74, 6) is -0.388. The van der Waals surface area contributed by atoms with Crippen molar-refractivity contribution in [1.29, 1.82) is 5.26 Å². The number of methoxy groups -OCH3 is 1. The summed E-state index contributed by atoms with van der Waals surface area (Å²) in [7, 11) is 1.41. The van der Waals surface area contributed by atoms with Crippen LogP contribution in [0.25, 0.3) is 0 Å². The maximum atomic E-state index is 11.8. The second kappa shape index (κ2) is 6.88. The van der Waals surface area contributed by atoms with E-state index in [0.717, 1.165) is 19.5 Å². The molecule has 0 spiro atoms. The summed E-state index contributed by atoms with van der Waals surface area (Å²) in [6.07, 6.45) is 4.02. The van der Waals surface area contributed by atoms with E-state index < -0.39 is 0 Å². The molecule has 0 amide bonds. The Balaban J connectivity index is 2.14. The number of esters is 1. The van der Waals surface area contributed by atoms with E-state index in [1.54, 1.807) is 6.08 Å². The first-order valence-electron chi connectivity index (χ1n) is 6.68. The SMILES string of the molecule is COC(=O)[C@H]1CCN(Cc2ccccc2)[C@H]1/C=C\C#N. The van der Waals surface area contributed by atoms with Crippen molar-refractivity contribution in [2.45, 2.75) is 19.0 Å². The Hall–Kier alpha value is -2.12. The molecule has 1 heterocycles. The summed E-state index contributed by atoms with van der Waals surface area (Å²) < 4.78 is 4.86. The van der Waals surface area contributed by atoms with Gasteiger partial charge in [0.1, 0.15) is 0 Å². The molecule has 1 fully saturated rings. The predicted molar refractivity (Wildman–Crippen MR) is 75.5 cm³/mol. The van der Waals surface area contributed by atoms with Crippen LogP contribution in [0.4, 0.5) is 0 Å². The number of likely N-dealkylation sites (tertiary alicyclic amines) is 1. The molecule has 2 atom stereocenters. The number of carbonyl (C=O) groups is 1. The lowest BCUT2D eigenvalue weighted by molar-refractivity contribution is -0.145. The van der Waals surface area contributed by atoms with E-state index in [9.17, 15) is 4.79 Å². The van der Waals surface area contributed by atoms with E-state index in [4.69, 9.17) is 10.00 Å². The van der Waals surface area contributed by atoms with Crippen molar-refractivity contribution in [2.24, 2.45) is 5.92 Å². The second-order valence-corrected chi connectivity index (χ2v) is 4.85. The van der Waals surface area contributed by atoms with Crippen LogP contribution in [-0.2, 0) is 16.1 Å². The summed E-state index contributed by atoms with van der Waals surface area (Å²) in [4.78, 5) is 14.0. The molecule has 1 aliphatic heterocycles. The number of benzene rings is 1. The Labute approximate surface area is 119 Å². The summed E-state index contributed by atoms with van der Waals surface area (Å²) in [6.45, 7) is 1.60. The Bertz CT molecular complexity index is 519. The van der Waals surface area contributed by atoms with Crippen molar-refractivity contribution in [2.75, 3.05) is 13.7 Å². The zero-order valence-corrected chi connectivity index (χ0v) is 11.5. The minimum Gasteiger partial charge on any atom is -0.469 e. The first-order valence-corrected chi connectivity index (χ1v) is 6.68. The molecule has 0 bridgehead atoms. The van der Waals surface area contributed by atoms with E-state index in [2.05, 4.69) is 17.0 Å². The Morgan fingerprint density at radius 3 is 2.90 bits per heavy atom. The fraction of sp³-hybridized carbons (Fsp3) is 0.375. The number of hydrogen-bond donors (Lipinski definition) is 0. The highest BCUT2D eigenvalue weighted by Gasteiger charge is 2.37. The highest BCUT2D eigenvalue weighted by atomic mass is 16.5. The minimum atomic E-state index is -0.201. The molecule has 0 aliphatic carbocycles. The summed E-state index contributed by atoms with van der Waals surface area (Å²) in [5, 5.41) is 8.71. The molecule has 0 saturated carbocycles. The lowest BCUT2D eigenvalue weighted by atomic mass is 10.00. The number of hydrogen-bond acceptors (Lipinski definition) is 4. The zero-order valence-electron chi connectivity index (χ0n) is 11.5. The summed E-state index contributed by atoms with van der Waals surface area (Å²) >= 11 is 0. The third-order valence-electron chi connectivity index (χ3n) is 3.66. The normalized spacial score (nSPS) is 22.8. The van der Waals surface area contributed by atoms with E-state index in [1.165, 1.54) is 18.7 Å². The van der Waals surface area contributed by atoms with Crippen molar-refractivity contribution < 1.29 is 9.53 Å². The van der Waals surface area contributed by atoms with Gasteiger partial charge < -0.3 is 4.74 Å². The number of nitrogens with zero attached hydrogens (tertiary/aromatic N) is 2. The highest BCUT2D eigenvalue weighted by molar-refractivity contribution is 5.74. The molecular weight excluding hydrogens is 252 g/mol. The summed E-state index contributed by atoms with van der Waals surface area (Å²) in [6, 6.07) is 12.1. The van der Waals surface area contributed by atoms with Gasteiger partial charge in [-0.05, 0) is 12.0 Å². The smallest absolute Gasteiger partial charge is 0.310 e. The molecule has 104 valence electrons. The van der Waals surface area contributed by atoms with Crippen molar-refractivity contribution >= 4 is 5.97 Å². The molecule has 1 aromatic rings. The molecule has 0 N–H and O–H groups in total. The van der Waals surface area contributed by atoms with Crippen molar-refractivity contribution in [3.63, 3.8) is 0 Å². The molecule has 0 unspecified atom stereocenters. The third-order valence-corrected chi connectivity index (χ3v) is 3.66. The number of carbonyl (C=O) groups excluding carboxylic acids is 1. The molecule has 1 aliphatic rings. The van der Waals surface area contributed by atoms with Gasteiger partial charge in [-0.2, -0.15) is 5.26 Å². The average molecular weight is 270 g/mol. The van der Waals surface area contributed by atoms with Crippen LogP contribution in [0.15, 0.2) is 42.5 Å². The summed E-state index contributed by atoms with van der Waals surface area (Å²) in [5.41, 5.74) is 1.20. The maximum Gasteiger partial charge on any atom is 0.310 e. The molecule has 4 heteroatoms. The monoisotopic (exact) mass is 270 g/mol. The molecule has 1 saturated heterocycles. The van der Waals surface area contributed by atoms with E-state index >= 15 is 0 Å². The zero-order chi connectivity index (χ0) is 14.4. The first-order chi connectivity index (χ1) is 9.76. The first kappa shape index (κ1) is 14.3. The van der Waals surface area contributed by atoms with Crippen molar-refractivity contribution in [3.8, 4) is 6.07 Å². The third kappa shape index (κ3) is 3.25. The van der Waals surface area contributed by atoms with Gasteiger partial charge in [0.15, 0.2) is 0 Å². The van der Waals surface area contributed by atoms with Crippen LogP contribution >= 0.6 is 0 Å². The highest BCUT2D eigenvalue weighted by Crippen LogP contribution is 2.28. The van der Waals surface area contributed by atoms with Crippen molar-refractivity contribution in [1.82, 2.24) is 4.90 Å². The van der Waals surface area contributed by atoms with Crippen LogP contribution in [0.2, 0.25) is 0 Å². The lowest BCUT2D eigenvalue weighted by Gasteiger charge is -2.24. The molecule has 1 aromatic carbocycles. The predicted octanol–water partition coefficient (Wildman–Crippen LogP) is 2.13. The van der Waals surface area contributed by atoms with E-state index in [0.29, 0.717) is 0 Å². The van der Waals surface area contributed by atoms with Gasteiger partial charge >= 0.3 is 5.97 Å². The van der Waals surface area contributed by atoms with Crippen molar-refractivity contribution in [3.05, 3.63) is 48.0 Å². The van der Waals surface area contributed by atoms with E-state index in [-0.39, 0.29) is 17.9 Å². The number of nitriles is 1. The van der Waals surface area contributed by atoms with Gasteiger partial charge in [0.05, 0.1) is 19.1 Å². The van der Waals surface area contributed by atoms with Crippen LogP contribution in [0.1, 0.15) is 12.0 Å². The van der Waals surface area contributed by atoms with Gasteiger partial charge in [0, 0.05) is 25.2 Å². The fourth-order valence-electron chi connectivity index (χ4n) is 2.69. The minimum absolute atomic E-state index is 0.0673. The van der Waals surface area contributed by atoms with Gasteiger partial charge in [0.25, 0.3) is 0 Å². The Kier molecular flexibility index (Phi) is 4.91. The van der Waals surface area contributed by atoms with Crippen LogP contribution in [-0.4, -0.2) is 30.6 Å². The molecule has 4 nitrogen and oxygen atoms in total. The molecule has 2 rings (SSSR count). The topological polar surface area (TPSA) is 53.3 Å². The van der Waals surface area contributed by atoms with Gasteiger partial charge in [-0.1, -0.05) is 36.4 Å². The largest absolute Gasteiger partial charge is 0.469 e. The van der Waals surface area contributed by atoms with Crippen LogP contribution in [0.3, 0.4) is 0 Å². The number of rotatable bonds is 4. The fourth-order valence-corrected chi connectivity index (χ4v) is 2.69. The van der Waals surface area contributed by atoms with Gasteiger partial charge in [-0.3, -0.25) is 9.69 Å². The average Bonchev–Trinajstić information content (AvgIpc) is 2.88. The molecule has 20 heavy (non-hydrogen) atoms. The van der Waals surface area contributed by atoms with Gasteiger partial charge in [0.2, 0.25) is 0 Å². The number of ether oxygens (including phenoxy) is 1. The van der Waals surface area contributed by atoms with Crippen LogP contribution in [0, 0.1) is 17.2 Å². The Morgan fingerprint density at radius 2 is 2.25 bits per heavy atom. The standard InChI is InChI=1S/C16H18N2O2/c1-20-16(19)14-9-11-18(15(14)8-5-10-17)12-13-6-3-2-4-7-13/h2-8,14-15H,9,11-12H2,1H3/b8-5-/t14-,15-/m0/s1. The number of allylic oxidation sites excluding steroid dienone is 1. The van der Waals surface area contributed by atoms with Gasteiger partial charge in [-0.25, -0.2) is 0 Å². The Morgan fingerprint density at radius 1 is 1.50 bits per heavy atom. The lowest BCUT2D eigenvalue weighted by Crippen LogP contribution is -2.34. The van der Waals surface area contributed by atoms with E-state index in [1.807, 2.05) is 24.3 Å². The molecular formula is C16H18N2O2. The molecule has 0 aromatic heterocycles. The second-order valence-electron chi connectivity index (χ2n) is 4.85. The molecule has 0 radical (unpaired) electrons. The quantitative estimate of drug-likeness (QED) is 0.621. The van der Waals surface area contributed by atoms with Gasteiger partial charge in [-0.15, -0.1) is 0 Å².